The third-order valence-corrected chi connectivity index (χ3v) is 4.26. The van der Waals surface area contributed by atoms with Gasteiger partial charge in [0.1, 0.15) is 0 Å². The van der Waals surface area contributed by atoms with Crippen LogP contribution < -0.4 is 5.32 Å². The monoisotopic (exact) mass is 300 g/mol. The maximum absolute atomic E-state index is 11.8. The second-order valence-electron chi connectivity index (χ2n) is 6.07. The first kappa shape index (κ1) is 18.4. The van der Waals surface area contributed by atoms with Crippen molar-refractivity contribution in [2.75, 3.05) is 32.8 Å². The van der Waals surface area contributed by atoms with E-state index in [0.29, 0.717) is 19.3 Å². The third kappa shape index (κ3) is 7.25. The summed E-state index contributed by atoms with van der Waals surface area (Å²) in [6.45, 7) is 8.69. The minimum absolute atomic E-state index is 0.0781. The SMILES string of the molecule is CCN(CC)C(=O)CNCC(O)COC1CCC(C)CC1. The van der Waals surface area contributed by atoms with Crippen LogP contribution >= 0.6 is 0 Å². The number of hydrogen-bond acceptors (Lipinski definition) is 4. The highest BCUT2D eigenvalue weighted by Gasteiger charge is 2.19. The van der Waals surface area contributed by atoms with E-state index in [9.17, 15) is 9.90 Å². The van der Waals surface area contributed by atoms with Crippen molar-refractivity contribution in [2.45, 2.75) is 58.7 Å². The van der Waals surface area contributed by atoms with Crippen molar-refractivity contribution < 1.29 is 14.6 Å². The molecule has 124 valence electrons. The average Bonchev–Trinajstić information content (AvgIpc) is 2.48. The Morgan fingerprint density at radius 3 is 2.48 bits per heavy atom. The molecule has 1 aliphatic carbocycles. The normalized spacial score (nSPS) is 23.8. The summed E-state index contributed by atoms with van der Waals surface area (Å²) < 4.78 is 5.76. The Kier molecular flexibility index (Phi) is 8.88. The third-order valence-electron chi connectivity index (χ3n) is 4.26. The van der Waals surface area contributed by atoms with Crippen LogP contribution in [0.3, 0.4) is 0 Å². The van der Waals surface area contributed by atoms with Gasteiger partial charge in [-0.2, -0.15) is 0 Å². The van der Waals surface area contributed by atoms with Gasteiger partial charge in [0.15, 0.2) is 0 Å². The molecule has 21 heavy (non-hydrogen) atoms. The summed E-state index contributed by atoms with van der Waals surface area (Å²) in [5.74, 6) is 0.886. The maximum atomic E-state index is 11.8. The smallest absolute Gasteiger partial charge is 0.236 e. The Morgan fingerprint density at radius 1 is 1.29 bits per heavy atom. The molecule has 1 fully saturated rings. The highest BCUT2D eigenvalue weighted by Crippen LogP contribution is 2.25. The molecular formula is C16H32N2O3. The van der Waals surface area contributed by atoms with Crippen molar-refractivity contribution >= 4 is 5.91 Å². The largest absolute Gasteiger partial charge is 0.389 e. The van der Waals surface area contributed by atoms with Gasteiger partial charge < -0.3 is 20.1 Å². The van der Waals surface area contributed by atoms with E-state index in [2.05, 4.69) is 12.2 Å². The summed E-state index contributed by atoms with van der Waals surface area (Å²) in [7, 11) is 0. The fraction of sp³-hybridized carbons (Fsp3) is 0.938. The molecule has 1 aliphatic rings. The van der Waals surface area contributed by atoms with Crippen molar-refractivity contribution in [2.24, 2.45) is 5.92 Å². The number of nitrogens with one attached hydrogen (secondary N) is 1. The molecule has 0 aromatic rings. The molecule has 0 radical (unpaired) electrons. The number of rotatable bonds is 9. The number of carbonyl (C=O) groups is 1. The molecule has 2 N–H and O–H groups in total. The van der Waals surface area contributed by atoms with Gasteiger partial charge in [-0.25, -0.2) is 0 Å². The minimum atomic E-state index is -0.547. The van der Waals surface area contributed by atoms with Gasteiger partial charge in [-0.3, -0.25) is 4.79 Å². The van der Waals surface area contributed by atoms with Crippen LogP contribution in [-0.4, -0.2) is 60.9 Å². The van der Waals surface area contributed by atoms with E-state index in [1.807, 2.05) is 13.8 Å². The van der Waals surface area contributed by atoms with Crippen LogP contribution in [0.15, 0.2) is 0 Å². The summed E-state index contributed by atoms with van der Waals surface area (Å²) in [4.78, 5) is 13.6. The number of aliphatic hydroxyl groups excluding tert-OH is 1. The second kappa shape index (κ2) is 10.1. The van der Waals surface area contributed by atoms with Crippen molar-refractivity contribution in [3.63, 3.8) is 0 Å². The molecule has 1 saturated carbocycles. The molecule has 1 unspecified atom stereocenters. The number of carbonyl (C=O) groups excluding carboxylic acids is 1. The highest BCUT2D eigenvalue weighted by atomic mass is 16.5. The van der Waals surface area contributed by atoms with Gasteiger partial charge in [0, 0.05) is 19.6 Å². The second-order valence-corrected chi connectivity index (χ2v) is 6.07. The summed E-state index contributed by atoms with van der Waals surface area (Å²) in [6, 6.07) is 0. The Morgan fingerprint density at radius 2 is 1.90 bits per heavy atom. The van der Waals surface area contributed by atoms with Gasteiger partial charge >= 0.3 is 0 Å². The molecule has 1 rings (SSSR count). The molecule has 0 aliphatic heterocycles. The zero-order valence-electron chi connectivity index (χ0n) is 13.8. The van der Waals surface area contributed by atoms with E-state index in [4.69, 9.17) is 4.74 Å². The molecule has 0 aromatic carbocycles. The molecule has 0 heterocycles. The predicted octanol–water partition coefficient (Wildman–Crippen LogP) is 1.40. The molecule has 5 heteroatoms. The number of likely N-dealkylation sites (N-methyl/N-ethyl adjacent to an activating group) is 1. The fourth-order valence-corrected chi connectivity index (χ4v) is 2.74. The van der Waals surface area contributed by atoms with Crippen molar-refractivity contribution in [1.29, 1.82) is 0 Å². The molecule has 1 amide bonds. The lowest BCUT2D eigenvalue weighted by Gasteiger charge is -2.27. The van der Waals surface area contributed by atoms with Crippen molar-refractivity contribution in [3.8, 4) is 0 Å². The standard InChI is InChI=1S/C16H32N2O3/c1-4-18(5-2)16(20)11-17-10-14(19)12-21-15-8-6-13(3)7-9-15/h13-15,17,19H,4-12H2,1-3H3. The first-order valence-electron chi connectivity index (χ1n) is 8.34. The van der Waals surface area contributed by atoms with Crippen LogP contribution in [0.2, 0.25) is 0 Å². The first-order chi connectivity index (χ1) is 10.1. The zero-order valence-corrected chi connectivity index (χ0v) is 13.8. The lowest BCUT2D eigenvalue weighted by molar-refractivity contribution is -0.129. The van der Waals surface area contributed by atoms with E-state index < -0.39 is 6.10 Å². The van der Waals surface area contributed by atoms with Gasteiger partial charge in [-0.05, 0) is 45.4 Å². The Labute approximate surface area is 129 Å². The van der Waals surface area contributed by atoms with Gasteiger partial charge in [0.05, 0.1) is 25.4 Å². The summed E-state index contributed by atoms with van der Waals surface area (Å²) in [5, 5.41) is 12.9. The number of aliphatic hydroxyl groups is 1. The van der Waals surface area contributed by atoms with Gasteiger partial charge in [0.25, 0.3) is 0 Å². The van der Waals surface area contributed by atoms with E-state index in [-0.39, 0.29) is 12.5 Å². The van der Waals surface area contributed by atoms with E-state index in [1.54, 1.807) is 4.90 Å². The maximum Gasteiger partial charge on any atom is 0.236 e. The first-order valence-corrected chi connectivity index (χ1v) is 8.34. The van der Waals surface area contributed by atoms with Gasteiger partial charge in [-0.15, -0.1) is 0 Å². The average molecular weight is 300 g/mol. The van der Waals surface area contributed by atoms with E-state index >= 15 is 0 Å². The van der Waals surface area contributed by atoms with Crippen LogP contribution in [0.5, 0.6) is 0 Å². The molecule has 0 bridgehead atoms. The predicted molar refractivity (Wildman–Crippen MR) is 84.2 cm³/mol. The number of ether oxygens (including phenoxy) is 1. The number of nitrogens with zero attached hydrogens (tertiary/aromatic N) is 1. The summed E-state index contributed by atoms with van der Waals surface area (Å²) >= 11 is 0. The molecule has 5 nitrogen and oxygen atoms in total. The fourth-order valence-electron chi connectivity index (χ4n) is 2.74. The van der Waals surface area contributed by atoms with Crippen LogP contribution in [0.25, 0.3) is 0 Å². The summed E-state index contributed by atoms with van der Waals surface area (Å²) in [6.07, 6.45) is 4.39. The highest BCUT2D eigenvalue weighted by molar-refractivity contribution is 5.78. The lowest BCUT2D eigenvalue weighted by atomic mass is 9.89. The van der Waals surface area contributed by atoms with Crippen LogP contribution in [0, 0.1) is 5.92 Å². The molecule has 0 aromatic heterocycles. The lowest BCUT2D eigenvalue weighted by Crippen LogP contribution is -2.41. The van der Waals surface area contributed by atoms with Gasteiger partial charge in [0.2, 0.25) is 5.91 Å². The quantitative estimate of drug-likeness (QED) is 0.676. The summed E-state index contributed by atoms with van der Waals surface area (Å²) in [5.41, 5.74) is 0. The molecule has 1 atom stereocenters. The Bertz CT molecular complexity index is 287. The number of hydrogen-bond donors (Lipinski definition) is 2. The molecular weight excluding hydrogens is 268 g/mol. The molecule has 0 saturated heterocycles. The van der Waals surface area contributed by atoms with Crippen molar-refractivity contribution in [3.05, 3.63) is 0 Å². The van der Waals surface area contributed by atoms with Crippen LogP contribution in [0.1, 0.15) is 46.5 Å². The number of amides is 1. The minimum Gasteiger partial charge on any atom is -0.389 e. The zero-order chi connectivity index (χ0) is 15.7. The van der Waals surface area contributed by atoms with Crippen molar-refractivity contribution in [1.82, 2.24) is 10.2 Å². The van der Waals surface area contributed by atoms with Gasteiger partial charge in [-0.1, -0.05) is 6.92 Å². The van der Waals surface area contributed by atoms with Crippen LogP contribution in [-0.2, 0) is 9.53 Å². The van der Waals surface area contributed by atoms with E-state index in [1.165, 1.54) is 12.8 Å². The Hall–Kier alpha value is -0.650. The molecule has 0 spiro atoms. The topological polar surface area (TPSA) is 61.8 Å². The Balaban J connectivity index is 2.08. The van der Waals surface area contributed by atoms with E-state index in [0.717, 1.165) is 31.8 Å². The van der Waals surface area contributed by atoms with Crippen LogP contribution in [0.4, 0.5) is 0 Å².